The molecule has 31 valence electrons. The second kappa shape index (κ2) is 24.7. The van der Waals surface area contributed by atoms with Crippen LogP contribution >= 0.6 is 12.4 Å². The molecule has 0 rings (SSSR count). The fourth-order valence-corrected chi connectivity index (χ4v) is 0. The van der Waals surface area contributed by atoms with E-state index in [1.165, 1.54) is 0 Å². The van der Waals surface area contributed by atoms with Crippen LogP contribution in [0.5, 0.6) is 0 Å². The number of hydrogen-bond acceptors (Lipinski definition) is 3. The molecule has 5 heavy (non-hydrogen) atoms. The van der Waals surface area contributed by atoms with Gasteiger partial charge in [-0.25, -0.2) is 0 Å². The van der Waals surface area contributed by atoms with Crippen LogP contribution in [0, 0.1) is 10.1 Å². The van der Waals surface area contributed by atoms with Gasteiger partial charge < -0.3 is 10.1 Å². The normalized spacial score (nSPS) is 2.40. The summed E-state index contributed by atoms with van der Waals surface area (Å²) in [5.41, 5.74) is 0. The van der Waals surface area contributed by atoms with Gasteiger partial charge in [-0.3, -0.25) is 0 Å². The molecule has 0 amide bonds. The molecule has 0 aromatic rings. The van der Waals surface area contributed by atoms with Crippen LogP contribution in [0.4, 0.5) is 0 Å². The zero-order valence-electron chi connectivity index (χ0n) is 2.25. The maximum atomic E-state index is 8.00. The van der Waals surface area contributed by atoms with Crippen molar-refractivity contribution in [3.8, 4) is 0 Å². The summed E-state index contributed by atoms with van der Waals surface area (Å²) in [7, 11) is 0. The van der Waals surface area contributed by atoms with Crippen molar-refractivity contribution in [1.29, 1.82) is 0 Å². The van der Waals surface area contributed by atoms with E-state index >= 15 is 0 Å². The van der Waals surface area contributed by atoms with E-state index in [0.29, 0.717) is 0 Å². The molecule has 0 spiro atoms. The Morgan fingerprint density at radius 2 is 1.60 bits per heavy atom. The average molecular weight is 202 g/mol. The summed E-state index contributed by atoms with van der Waals surface area (Å²) in [6.07, 6.45) is 0. The molecule has 0 saturated heterocycles. The second-order valence-corrected chi connectivity index (χ2v) is 0.0745. The zero-order chi connectivity index (χ0) is 2.71. The first kappa shape index (κ1) is 17.9. The molecular formula is H2ClNO2Sn-. The molecule has 5 heteroatoms. The number of nitrogens with zero attached hydrogens (tertiary/aromatic N) is 1. The number of halogens is 1. The van der Waals surface area contributed by atoms with E-state index in [-0.39, 0.29) is 36.3 Å². The summed E-state index contributed by atoms with van der Waals surface area (Å²) in [4.78, 5) is 8.00. The third kappa shape index (κ3) is 116. The van der Waals surface area contributed by atoms with Gasteiger partial charge >= 0.3 is 23.9 Å². The van der Waals surface area contributed by atoms with E-state index in [1.807, 2.05) is 0 Å². The van der Waals surface area contributed by atoms with E-state index in [2.05, 4.69) is 0 Å². The van der Waals surface area contributed by atoms with Crippen LogP contribution in [0.15, 0.2) is 5.34 Å². The van der Waals surface area contributed by atoms with E-state index in [4.69, 9.17) is 10.1 Å². The first-order valence-electron chi connectivity index (χ1n) is 0.365. The molecule has 0 unspecified atom stereocenters. The average Bonchev–Trinajstić information content (AvgIpc) is 0.918. The molecular weight excluding hydrogens is 200 g/mol. The van der Waals surface area contributed by atoms with Crippen LogP contribution in [0.1, 0.15) is 0 Å². The fourth-order valence-electron chi connectivity index (χ4n) is 0. The number of hydrogen-bond donors (Lipinski definition) is 0. The van der Waals surface area contributed by atoms with Gasteiger partial charge in [-0.05, 0) is 0 Å². The second-order valence-electron chi connectivity index (χ2n) is 0.0745. The van der Waals surface area contributed by atoms with Gasteiger partial charge in [0, 0.05) is 0 Å². The van der Waals surface area contributed by atoms with Gasteiger partial charge in [-0.2, -0.15) is 0 Å². The van der Waals surface area contributed by atoms with Crippen LogP contribution in [0.2, 0.25) is 0 Å². The van der Waals surface area contributed by atoms with Gasteiger partial charge in [0.05, 0.1) is 0 Å². The third-order valence-electron chi connectivity index (χ3n) is 0. The van der Waals surface area contributed by atoms with Gasteiger partial charge in [0.15, 0.2) is 0 Å². The summed E-state index contributed by atoms with van der Waals surface area (Å²) < 4.78 is 0. The molecule has 0 aromatic carbocycles. The Hall–Kier alpha value is 0.489. The molecule has 3 radical (unpaired) electrons. The minimum absolute atomic E-state index is 0. The predicted molar refractivity (Wildman–Crippen MR) is 23.6 cm³/mol. The molecule has 0 aromatic heterocycles. The van der Waals surface area contributed by atoms with E-state index in [0.717, 1.165) is 5.34 Å². The Morgan fingerprint density at radius 3 is 1.60 bits per heavy atom. The SMILES string of the molecule is Cl.O=N[O-].[SnH]. The first-order chi connectivity index (χ1) is 1.41. The van der Waals surface area contributed by atoms with Crippen molar-refractivity contribution in [2.45, 2.75) is 0 Å². The van der Waals surface area contributed by atoms with Crippen LogP contribution in [-0.4, -0.2) is 23.9 Å². The molecule has 0 bridgehead atoms. The van der Waals surface area contributed by atoms with Crippen molar-refractivity contribution in [2.24, 2.45) is 5.34 Å². The van der Waals surface area contributed by atoms with Gasteiger partial charge in [-0.15, -0.1) is 17.7 Å². The van der Waals surface area contributed by atoms with Crippen molar-refractivity contribution >= 4 is 36.3 Å². The van der Waals surface area contributed by atoms with Crippen LogP contribution in [0.25, 0.3) is 0 Å². The zero-order valence-corrected chi connectivity index (χ0v) is 6.36. The third-order valence-corrected chi connectivity index (χ3v) is 0. The Bertz CT molecular complexity index is 17.1. The van der Waals surface area contributed by atoms with Crippen LogP contribution in [-0.2, 0) is 0 Å². The Kier molecular flexibility index (Phi) is 88.0. The molecule has 0 atom stereocenters. The van der Waals surface area contributed by atoms with E-state index < -0.39 is 0 Å². The Morgan fingerprint density at radius 1 is 1.60 bits per heavy atom. The predicted octanol–water partition coefficient (Wildman–Crippen LogP) is 0.0239. The molecule has 0 aliphatic carbocycles. The minimum atomic E-state index is 0. The molecule has 0 aliphatic rings. The summed E-state index contributed by atoms with van der Waals surface area (Å²) in [6, 6.07) is 0. The summed E-state index contributed by atoms with van der Waals surface area (Å²) in [5, 5.41) is 9.00. The van der Waals surface area contributed by atoms with Gasteiger partial charge in [0.25, 0.3) is 0 Å². The monoisotopic (exact) mass is 203 g/mol. The number of rotatable bonds is 0. The Labute approximate surface area is 52.0 Å². The van der Waals surface area contributed by atoms with Gasteiger partial charge in [-0.1, -0.05) is 0 Å². The molecule has 0 aliphatic heterocycles. The molecule has 3 nitrogen and oxygen atoms in total. The van der Waals surface area contributed by atoms with Crippen molar-refractivity contribution in [1.82, 2.24) is 0 Å². The fraction of sp³-hybridized carbons (Fsp3) is 0. The van der Waals surface area contributed by atoms with Gasteiger partial charge in [0.2, 0.25) is 0 Å². The first-order valence-corrected chi connectivity index (χ1v) is 0.365. The molecule has 0 fully saturated rings. The maximum absolute atomic E-state index is 8.00. The summed E-state index contributed by atoms with van der Waals surface area (Å²) in [6.45, 7) is 0. The summed E-state index contributed by atoms with van der Waals surface area (Å²) >= 11 is 0. The quantitative estimate of drug-likeness (QED) is 0.316. The van der Waals surface area contributed by atoms with Gasteiger partial charge in [0.1, 0.15) is 0 Å². The summed E-state index contributed by atoms with van der Waals surface area (Å²) in [5.74, 6) is 0. The van der Waals surface area contributed by atoms with E-state index in [1.54, 1.807) is 0 Å². The van der Waals surface area contributed by atoms with Crippen LogP contribution < -0.4 is 0 Å². The molecule has 0 saturated carbocycles. The molecule has 0 N–H and O–H groups in total. The topological polar surface area (TPSA) is 52.5 Å². The standard InChI is InChI=1S/ClH.HNO2.Sn.H/c;2-1-3;;/h1H;(H,2,3);;/p-1. The van der Waals surface area contributed by atoms with Crippen LogP contribution in [0.3, 0.4) is 0 Å². The Balaban J connectivity index is -0.0000000200. The van der Waals surface area contributed by atoms with Crippen molar-refractivity contribution in [3.63, 3.8) is 0 Å². The van der Waals surface area contributed by atoms with Crippen molar-refractivity contribution in [3.05, 3.63) is 10.1 Å². The molecule has 0 heterocycles. The van der Waals surface area contributed by atoms with E-state index in [9.17, 15) is 0 Å². The van der Waals surface area contributed by atoms with Crippen molar-refractivity contribution in [2.75, 3.05) is 0 Å². The van der Waals surface area contributed by atoms with Crippen molar-refractivity contribution < 1.29 is 0 Å².